The molecule has 2 rings (SSSR count). The lowest BCUT2D eigenvalue weighted by atomic mass is 10.2. The number of para-hydroxylation sites is 1. The first kappa shape index (κ1) is 22.4. The molecule has 1 amide bonds. The van der Waals surface area contributed by atoms with Gasteiger partial charge in [0.15, 0.2) is 6.61 Å². The number of carbonyl (C=O) groups is 2. The largest absolute Gasteiger partial charge is 0.452 e. The molecule has 0 saturated heterocycles. The fourth-order valence-corrected chi connectivity index (χ4v) is 4.08. The van der Waals surface area contributed by atoms with E-state index in [1.807, 2.05) is 13.0 Å². The predicted molar refractivity (Wildman–Crippen MR) is 111 cm³/mol. The molecule has 2 aromatic carbocycles. The Kier molecular flexibility index (Phi) is 7.78. The molecule has 0 bridgehead atoms. The van der Waals surface area contributed by atoms with E-state index in [4.69, 9.17) is 4.74 Å². The summed E-state index contributed by atoms with van der Waals surface area (Å²) in [6, 6.07) is 14.5. The summed E-state index contributed by atoms with van der Waals surface area (Å²) in [5, 5.41) is 0. The van der Waals surface area contributed by atoms with Crippen LogP contribution in [0.15, 0.2) is 59.5 Å². The van der Waals surface area contributed by atoms with Crippen LogP contribution >= 0.6 is 0 Å². The molecule has 29 heavy (non-hydrogen) atoms. The Labute approximate surface area is 171 Å². The summed E-state index contributed by atoms with van der Waals surface area (Å²) < 4.78 is 32.9. The van der Waals surface area contributed by atoms with Crippen molar-refractivity contribution in [2.24, 2.45) is 0 Å². The molecule has 0 N–H and O–H groups in total. The van der Waals surface area contributed by atoms with E-state index in [1.54, 1.807) is 38.4 Å². The van der Waals surface area contributed by atoms with Crippen molar-refractivity contribution >= 4 is 27.6 Å². The standard InChI is InChI=1S/C21H26N2O5S/c1-4-5-14-23(18-11-7-6-8-12-18)29(26,27)19-13-9-10-17(15-19)21(25)28-16-20(24)22(2)3/h6-13,15H,4-5,14,16H2,1-3H3. The summed E-state index contributed by atoms with van der Waals surface area (Å²) in [6.07, 6.45) is 1.54. The summed E-state index contributed by atoms with van der Waals surface area (Å²) in [4.78, 5) is 25.2. The van der Waals surface area contributed by atoms with Crippen molar-refractivity contribution in [3.63, 3.8) is 0 Å². The molecule has 2 aromatic rings. The molecule has 0 aromatic heterocycles. The molecule has 0 spiro atoms. The van der Waals surface area contributed by atoms with E-state index in [0.29, 0.717) is 18.7 Å². The highest BCUT2D eigenvalue weighted by atomic mass is 32.2. The van der Waals surface area contributed by atoms with Crippen molar-refractivity contribution in [3.8, 4) is 0 Å². The van der Waals surface area contributed by atoms with Crippen molar-refractivity contribution in [2.45, 2.75) is 24.7 Å². The van der Waals surface area contributed by atoms with Gasteiger partial charge in [0.1, 0.15) is 0 Å². The Balaban J connectivity index is 2.30. The van der Waals surface area contributed by atoms with Crippen LogP contribution in [0.4, 0.5) is 5.69 Å². The molecular weight excluding hydrogens is 392 g/mol. The molecule has 0 aliphatic carbocycles. The quantitative estimate of drug-likeness (QED) is 0.585. The van der Waals surface area contributed by atoms with E-state index in [2.05, 4.69) is 0 Å². The zero-order valence-electron chi connectivity index (χ0n) is 16.9. The van der Waals surface area contributed by atoms with Gasteiger partial charge in [-0.05, 0) is 36.8 Å². The number of hydrogen-bond donors (Lipinski definition) is 0. The third-order valence-electron chi connectivity index (χ3n) is 4.24. The van der Waals surface area contributed by atoms with Gasteiger partial charge < -0.3 is 9.64 Å². The van der Waals surface area contributed by atoms with E-state index in [1.165, 1.54) is 33.5 Å². The van der Waals surface area contributed by atoms with Crippen LogP contribution in [0, 0.1) is 0 Å². The van der Waals surface area contributed by atoms with Crippen LogP contribution in [-0.2, 0) is 19.6 Å². The van der Waals surface area contributed by atoms with Crippen molar-refractivity contribution in [2.75, 3.05) is 31.6 Å². The molecule has 156 valence electrons. The van der Waals surface area contributed by atoms with Gasteiger partial charge >= 0.3 is 5.97 Å². The number of likely N-dealkylation sites (N-methyl/N-ethyl adjacent to an activating group) is 1. The summed E-state index contributed by atoms with van der Waals surface area (Å²) in [5.41, 5.74) is 0.631. The Morgan fingerprint density at radius 3 is 2.31 bits per heavy atom. The number of nitrogens with zero attached hydrogens (tertiary/aromatic N) is 2. The lowest BCUT2D eigenvalue weighted by Gasteiger charge is -2.24. The lowest BCUT2D eigenvalue weighted by molar-refractivity contribution is -0.131. The molecule has 0 unspecified atom stereocenters. The molecular formula is C21H26N2O5S. The first-order chi connectivity index (χ1) is 13.8. The van der Waals surface area contributed by atoms with Crippen LogP contribution in [0.25, 0.3) is 0 Å². The monoisotopic (exact) mass is 418 g/mol. The molecule has 0 atom stereocenters. The molecule has 0 saturated carbocycles. The van der Waals surface area contributed by atoms with Gasteiger partial charge in [0, 0.05) is 20.6 Å². The number of ether oxygens (including phenoxy) is 1. The molecule has 0 heterocycles. The van der Waals surface area contributed by atoms with Crippen LogP contribution < -0.4 is 4.31 Å². The van der Waals surface area contributed by atoms with Crippen molar-refractivity contribution < 1.29 is 22.7 Å². The second-order valence-electron chi connectivity index (χ2n) is 6.66. The number of amides is 1. The predicted octanol–water partition coefficient (Wildman–Crippen LogP) is 2.93. The summed E-state index contributed by atoms with van der Waals surface area (Å²) in [6.45, 7) is 1.91. The number of esters is 1. The van der Waals surface area contributed by atoms with Gasteiger partial charge in [-0.1, -0.05) is 37.6 Å². The maximum Gasteiger partial charge on any atom is 0.338 e. The number of benzene rings is 2. The minimum Gasteiger partial charge on any atom is -0.452 e. The number of rotatable bonds is 9. The normalized spacial score (nSPS) is 11.0. The average molecular weight is 419 g/mol. The Morgan fingerprint density at radius 2 is 1.69 bits per heavy atom. The third kappa shape index (κ3) is 5.80. The highest BCUT2D eigenvalue weighted by Gasteiger charge is 2.25. The van der Waals surface area contributed by atoms with Gasteiger partial charge in [-0.3, -0.25) is 9.10 Å². The van der Waals surface area contributed by atoms with Gasteiger partial charge in [-0.2, -0.15) is 0 Å². The highest BCUT2D eigenvalue weighted by Crippen LogP contribution is 2.25. The van der Waals surface area contributed by atoms with E-state index in [9.17, 15) is 18.0 Å². The van der Waals surface area contributed by atoms with E-state index in [0.717, 1.165) is 6.42 Å². The lowest BCUT2D eigenvalue weighted by Crippen LogP contribution is -2.32. The maximum atomic E-state index is 13.3. The smallest absolute Gasteiger partial charge is 0.338 e. The fraction of sp³-hybridized carbons (Fsp3) is 0.333. The van der Waals surface area contributed by atoms with Gasteiger partial charge in [-0.25, -0.2) is 13.2 Å². The van der Waals surface area contributed by atoms with Crippen LogP contribution in [0.3, 0.4) is 0 Å². The number of anilines is 1. The van der Waals surface area contributed by atoms with E-state index >= 15 is 0 Å². The summed E-state index contributed by atoms with van der Waals surface area (Å²) >= 11 is 0. The molecule has 0 radical (unpaired) electrons. The highest BCUT2D eigenvalue weighted by molar-refractivity contribution is 7.92. The summed E-state index contributed by atoms with van der Waals surface area (Å²) in [7, 11) is -0.770. The van der Waals surface area contributed by atoms with Gasteiger partial charge in [-0.15, -0.1) is 0 Å². The molecule has 0 aliphatic rings. The topological polar surface area (TPSA) is 84.0 Å². The minimum atomic E-state index is -3.88. The maximum absolute atomic E-state index is 13.3. The Bertz CT molecular complexity index is 943. The van der Waals surface area contributed by atoms with Gasteiger partial charge in [0.25, 0.3) is 15.9 Å². The zero-order valence-corrected chi connectivity index (χ0v) is 17.7. The number of hydrogen-bond acceptors (Lipinski definition) is 5. The van der Waals surface area contributed by atoms with E-state index < -0.39 is 22.6 Å². The van der Waals surface area contributed by atoms with Crippen LogP contribution in [0.2, 0.25) is 0 Å². The van der Waals surface area contributed by atoms with Crippen molar-refractivity contribution in [3.05, 3.63) is 60.2 Å². The van der Waals surface area contributed by atoms with Crippen LogP contribution in [0.5, 0.6) is 0 Å². The van der Waals surface area contributed by atoms with Crippen LogP contribution in [-0.4, -0.2) is 52.4 Å². The molecule has 0 fully saturated rings. The van der Waals surface area contributed by atoms with E-state index in [-0.39, 0.29) is 16.4 Å². The van der Waals surface area contributed by atoms with Gasteiger partial charge in [0.05, 0.1) is 16.1 Å². The van der Waals surface area contributed by atoms with Crippen molar-refractivity contribution in [1.29, 1.82) is 0 Å². The first-order valence-electron chi connectivity index (χ1n) is 9.32. The number of unbranched alkanes of at least 4 members (excludes halogenated alkanes) is 1. The second-order valence-corrected chi connectivity index (χ2v) is 8.52. The average Bonchev–Trinajstić information content (AvgIpc) is 2.72. The second kappa shape index (κ2) is 10.1. The zero-order chi connectivity index (χ0) is 21.4. The van der Waals surface area contributed by atoms with Gasteiger partial charge in [0.2, 0.25) is 0 Å². The molecule has 8 heteroatoms. The molecule has 7 nitrogen and oxygen atoms in total. The minimum absolute atomic E-state index is 0.00848. The van der Waals surface area contributed by atoms with Crippen molar-refractivity contribution in [1.82, 2.24) is 4.90 Å². The molecule has 0 aliphatic heterocycles. The number of sulfonamides is 1. The number of carbonyl (C=O) groups excluding carboxylic acids is 2. The fourth-order valence-electron chi connectivity index (χ4n) is 2.53. The first-order valence-corrected chi connectivity index (χ1v) is 10.8. The SMILES string of the molecule is CCCCN(c1ccccc1)S(=O)(=O)c1cccc(C(=O)OCC(=O)N(C)C)c1. The summed E-state index contributed by atoms with van der Waals surface area (Å²) in [5.74, 6) is -1.12. The Hall–Kier alpha value is -2.87. The van der Waals surface area contributed by atoms with Crippen LogP contribution in [0.1, 0.15) is 30.1 Å². The Morgan fingerprint density at radius 1 is 1.00 bits per heavy atom. The third-order valence-corrected chi connectivity index (χ3v) is 6.07.